The van der Waals surface area contributed by atoms with Gasteiger partial charge in [-0.2, -0.15) is 0 Å². The van der Waals surface area contributed by atoms with Crippen LogP contribution in [0.4, 0.5) is 10.1 Å². The molecule has 30 heavy (non-hydrogen) atoms. The van der Waals surface area contributed by atoms with Crippen molar-refractivity contribution in [2.75, 3.05) is 18.9 Å². The molecule has 0 atom stereocenters. The maximum Gasteiger partial charge on any atom is 0.227 e. The zero-order chi connectivity index (χ0) is 20.5. The minimum absolute atomic E-state index is 0. The van der Waals surface area contributed by atoms with E-state index < -0.39 is 0 Å². The molecule has 7 heteroatoms. The van der Waals surface area contributed by atoms with Gasteiger partial charge in [0.15, 0.2) is 5.96 Å². The Hall–Kier alpha value is -2.16. The Morgan fingerprint density at radius 2 is 1.80 bits per heavy atom. The number of halogens is 2. The SMILES string of the molecule is CN=C(NCCc1cccc(F)c1)NCc1cccc(NC(=O)C2CCCC2)c1.I. The molecule has 0 bridgehead atoms. The number of hydrogen-bond donors (Lipinski definition) is 3. The van der Waals surface area contributed by atoms with Crippen LogP contribution in [0, 0.1) is 11.7 Å². The van der Waals surface area contributed by atoms with E-state index in [0.29, 0.717) is 25.5 Å². The zero-order valence-electron chi connectivity index (χ0n) is 17.3. The van der Waals surface area contributed by atoms with E-state index in [1.807, 2.05) is 30.3 Å². The molecule has 0 aliphatic heterocycles. The van der Waals surface area contributed by atoms with Crippen LogP contribution in [0.2, 0.25) is 0 Å². The Balaban J connectivity index is 0.00000320. The van der Waals surface area contributed by atoms with Crippen molar-refractivity contribution in [3.8, 4) is 0 Å². The Bertz CT molecular complexity index is 853. The van der Waals surface area contributed by atoms with E-state index in [1.165, 1.54) is 6.07 Å². The van der Waals surface area contributed by atoms with Gasteiger partial charge in [-0.05, 0) is 54.7 Å². The highest BCUT2D eigenvalue weighted by Gasteiger charge is 2.22. The second-order valence-corrected chi connectivity index (χ2v) is 7.40. The standard InChI is InChI=1S/C23H29FN4O.HI/c1-25-23(26-13-12-17-6-4-10-20(24)14-17)27-16-18-7-5-11-21(15-18)28-22(29)19-8-2-3-9-19;/h4-7,10-11,14-15,19H,2-3,8-9,12-13,16H2,1H3,(H,28,29)(H2,25,26,27);1H. The fraction of sp³-hybridized carbons (Fsp3) is 0.391. The first-order chi connectivity index (χ1) is 14.1. The van der Waals surface area contributed by atoms with Crippen LogP contribution in [0.3, 0.4) is 0 Å². The smallest absolute Gasteiger partial charge is 0.227 e. The van der Waals surface area contributed by atoms with Crippen molar-refractivity contribution >= 4 is 41.5 Å². The predicted molar refractivity (Wildman–Crippen MR) is 131 cm³/mol. The van der Waals surface area contributed by atoms with Gasteiger partial charge in [0.1, 0.15) is 5.82 Å². The number of aliphatic imine (C=N–C) groups is 1. The summed E-state index contributed by atoms with van der Waals surface area (Å²) < 4.78 is 13.2. The fourth-order valence-corrected chi connectivity index (χ4v) is 3.62. The summed E-state index contributed by atoms with van der Waals surface area (Å²) in [5.74, 6) is 0.743. The number of rotatable bonds is 7. The average Bonchev–Trinajstić information content (AvgIpc) is 3.26. The van der Waals surface area contributed by atoms with Gasteiger partial charge < -0.3 is 16.0 Å². The predicted octanol–water partition coefficient (Wildman–Crippen LogP) is 4.48. The normalized spacial score (nSPS) is 14.1. The highest BCUT2D eigenvalue weighted by molar-refractivity contribution is 14.0. The van der Waals surface area contributed by atoms with Gasteiger partial charge in [-0.3, -0.25) is 9.79 Å². The van der Waals surface area contributed by atoms with Crippen LogP contribution in [-0.4, -0.2) is 25.5 Å². The van der Waals surface area contributed by atoms with Gasteiger partial charge in [0.25, 0.3) is 0 Å². The van der Waals surface area contributed by atoms with Crippen LogP contribution in [0.25, 0.3) is 0 Å². The molecule has 5 nitrogen and oxygen atoms in total. The van der Waals surface area contributed by atoms with E-state index in [4.69, 9.17) is 0 Å². The van der Waals surface area contributed by atoms with Gasteiger partial charge >= 0.3 is 0 Å². The molecule has 1 aliphatic rings. The number of nitrogens with zero attached hydrogens (tertiary/aromatic N) is 1. The first-order valence-corrected chi connectivity index (χ1v) is 10.2. The van der Waals surface area contributed by atoms with Crippen LogP contribution < -0.4 is 16.0 Å². The third-order valence-electron chi connectivity index (χ3n) is 5.20. The number of guanidine groups is 1. The first-order valence-electron chi connectivity index (χ1n) is 10.2. The monoisotopic (exact) mass is 524 g/mol. The van der Waals surface area contributed by atoms with Gasteiger partial charge in [-0.15, -0.1) is 24.0 Å². The van der Waals surface area contributed by atoms with Gasteiger partial charge in [-0.25, -0.2) is 4.39 Å². The highest BCUT2D eigenvalue weighted by atomic mass is 127. The molecular weight excluding hydrogens is 494 g/mol. The second-order valence-electron chi connectivity index (χ2n) is 7.40. The van der Waals surface area contributed by atoms with Crippen molar-refractivity contribution in [3.63, 3.8) is 0 Å². The molecule has 1 fully saturated rings. The van der Waals surface area contributed by atoms with Crippen LogP contribution in [-0.2, 0) is 17.8 Å². The molecule has 3 N–H and O–H groups in total. The number of anilines is 1. The van der Waals surface area contributed by atoms with Gasteiger partial charge in [0.05, 0.1) is 0 Å². The fourth-order valence-electron chi connectivity index (χ4n) is 3.62. The Morgan fingerprint density at radius 3 is 2.53 bits per heavy atom. The summed E-state index contributed by atoms with van der Waals surface area (Å²) in [6, 6.07) is 14.5. The molecule has 0 radical (unpaired) electrons. The van der Waals surface area contributed by atoms with E-state index in [1.54, 1.807) is 19.2 Å². The molecular formula is C23H30FIN4O. The second kappa shape index (κ2) is 12.5. The van der Waals surface area contributed by atoms with Crippen molar-refractivity contribution in [1.82, 2.24) is 10.6 Å². The van der Waals surface area contributed by atoms with E-state index in [9.17, 15) is 9.18 Å². The third-order valence-corrected chi connectivity index (χ3v) is 5.20. The Morgan fingerprint density at radius 1 is 1.07 bits per heavy atom. The highest BCUT2D eigenvalue weighted by Crippen LogP contribution is 2.26. The number of amides is 1. The van der Waals surface area contributed by atoms with Crippen molar-refractivity contribution in [3.05, 3.63) is 65.5 Å². The quantitative estimate of drug-likeness (QED) is 0.285. The van der Waals surface area contributed by atoms with E-state index in [0.717, 1.165) is 42.5 Å². The number of hydrogen-bond acceptors (Lipinski definition) is 2. The van der Waals surface area contributed by atoms with Crippen molar-refractivity contribution in [1.29, 1.82) is 0 Å². The molecule has 0 spiro atoms. The van der Waals surface area contributed by atoms with Crippen LogP contribution >= 0.6 is 24.0 Å². The summed E-state index contributed by atoms with van der Waals surface area (Å²) in [7, 11) is 1.72. The van der Waals surface area contributed by atoms with E-state index in [2.05, 4.69) is 20.9 Å². The largest absolute Gasteiger partial charge is 0.356 e. The first kappa shape index (κ1) is 24.1. The molecule has 1 saturated carbocycles. The molecule has 162 valence electrons. The summed E-state index contributed by atoms with van der Waals surface area (Å²) in [4.78, 5) is 16.5. The summed E-state index contributed by atoms with van der Waals surface area (Å²) >= 11 is 0. The van der Waals surface area contributed by atoms with Gasteiger partial charge in [0.2, 0.25) is 5.91 Å². The maximum absolute atomic E-state index is 13.2. The van der Waals surface area contributed by atoms with Crippen LogP contribution in [0.15, 0.2) is 53.5 Å². The number of carbonyl (C=O) groups is 1. The maximum atomic E-state index is 13.2. The molecule has 0 aromatic heterocycles. The van der Waals surface area contributed by atoms with E-state index in [-0.39, 0.29) is 41.6 Å². The summed E-state index contributed by atoms with van der Waals surface area (Å²) in [6.45, 7) is 1.24. The third kappa shape index (κ3) is 7.59. The topological polar surface area (TPSA) is 65.5 Å². The molecule has 0 saturated heterocycles. The molecule has 0 heterocycles. The zero-order valence-corrected chi connectivity index (χ0v) is 19.6. The van der Waals surface area contributed by atoms with Crippen LogP contribution in [0.1, 0.15) is 36.8 Å². The Labute approximate surface area is 195 Å². The lowest BCUT2D eigenvalue weighted by molar-refractivity contribution is -0.119. The average molecular weight is 524 g/mol. The van der Waals surface area contributed by atoms with Crippen LogP contribution in [0.5, 0.6) is 0 Å². The van der Waals surface area contributed by atoms with Gasteiger partial charge in [-0.1, -0.05) is 37.1 Å². The lowest BCUT2D eigenvalue weighted by Gasteiger charge is -2.14. The summed E-state index contributed by atoms with van der Waals surface area (Å²) in [6.07, 6.45) is 4.98. The summed E-state index contributed by atoms with van der Waals surface area (Å²) in [5.41, 5.74) is 2.83. The number of nitrogens with one attached hydrogen (secondary N) is 3. The molecule has 0 unspecified atom stereocenters. The molecule has 1 amide bonds. The molecule has 2 aromatic carbocycles. The number of benzene rings is 2. The molecule has 1 aliphatic carbocycles. The lowest BCUT2D eigenvalue weighted by atomic mass is 10.1. The van der Waals surface area contributed by atoms with E-state index >= 15 is 0 Å². The lowest BCUT2D eigenvalue weighted by Crippen LogP contribution is -2.37. The number of carbonyl (C=O) groups excluding carboxylic acids is 1. The molecule has 3 rings (SSSR count). The summed E-state index contributed by atoms with van der Waals surface area (Å²) in [5, 5.41) is 9.55. The van der Waals surface area contributed by atoms with Crippen molar-refractivity contribution in [2.24, 2.45) is 10.9 Å². The minimum atomic E-state index is -0.218. The van der Waals surface area contributed by atoms with Crippen molar-refractivity contribution in [2.45, 2.75) is 38.6 Å². The molecule has 2 aromatic rings. The minimum Gasteiger partial charge on any atom is -0.356 e. The van der Waals surface area contributed by atoms with Crippen molar-refractivity contribution < 1.29 is 9.18 Å². The Kier molecular flexibility index (Phi) is 10.1. The van der Waals surface area contributed by atoms with Gasteiger partial charge in [0, 0.05) is 31.7 Å².